The molecule has 3 aliphatic rings. The lowest BCUT2D eigenvalue weighted by atomic mass is 9.86. The van der Waals surface area contributed by atoms with Crippen molar-refractivity contribution in [2.45, 2.75) is 44.7 Å². The summed E-state index contributed by atoms with van der Waals surface area (Å²) < 4.78 is 56.9. The molecule has 0 bridgehead atoms. The molecule has 61 heavy (non-hydrogen) atoms. The molecule has 0 aliphatic carbocycles. The second kappa shape index (κ2) is 17.2. The number of nitrogens with zero attached hydrogens (tertiary/aromatic N) is 7. The van der Waals surface area contributed by atoms with Crippen LogP contribution in [0.25, 0.3) is 28.3 Å². The highest BCUT2D eigenvalue weighted by molar-refractivity contribution is 7.81. The Bertz CT molecular complexity index is 2620. The van der Waals surface area contributed by atoms with E-state index < -0.39 is 34.2 Å². The van der Waals surface area contributed by atoms with Gasteiger partial charge in [0.2, 0.25) is 5.95 Å². The number of halogens is 2. The van der Waals surface area contributed by atoms with Gasteiger partial charge in [-0.15, -0.1) is 0 Å². The zero-order valence-electron chi connectivity index (χ0n) is 34.2. The van der Waals surface area contributed by atoms with Crippen LogP contribution in [0, 0.1) is 11.6 Å². The van der Waals surface area contributed by atoms with E-state index in [1.54, 1.807) is 50.8 Å². The molecule has 3 atom stereocenters. The number of benzene rings is 3. The number of carbonyl (C=O) groups is 1. The third kappa shape index (κ3) is 8.02. The van der Waals surface area contributed by atoms with Crippen LogP contribution in [0.5, 0.6) is 11.5 Å². The van der Waals surface area contributed by atoms with Crippen molar-refractivity contribution in [3.05, 3.63) is 108 Å². The molecule has 0 spiro atoms. The average Bonchev–Trinajstić information content (AvgIpc) is 3.67. The van der Waals surface area contributed by atoms with Gasteiger partial charge >= 0.3 is 0 Å². The minimum atomic E-state index is -0.915. The van der Waals surface area contributed by atoms with E-state index in [0.29, 0.717) is 52.1 Å². The molecule has 6 aromatic rings. The number of rotatable bonds is 11. The summed E-state index contributed by atoms with van der Waals surface area (Å²) in [6, 6.07) is 21.1. The number of aromatic nitrogens is 4. The fraction of sp³-hybridized carbons (Fsp3) is 0.333. The maximum absolute atomic E-state index is 14.6. The van der Waals surface area contributed by atoms with Crippen molar-refractivity contribution >= 4 is 45.6 Å². The smallest absolute Gasteiger partial charge is 0.259 e. The lowest BCUT2D eigenvalue weighted by molar-refractivity contribution is 0.102. The second-order valence-electron chi connectivity index (χ2n) is 15.5. The number of piperidine rings is 1. The minimum Gasteiger partial charge on any atom is -0.494 e. The summed E-state index contributed by atoms with van der Waals surface area (Å²) in [5.41, 5.74) is 5.66. The topological polar surface area (TPSA) is 129 Å². The molecule has 9 rings (SSSR count). The SMILES string of the molecule is CCOc1ccc(-c2nc3ccccn3c2-c2ccnc(Nc3cc4c(cc3OC)N3CCC(N5CCN(S(C)=O)CC5)CC3CC4)n2)cc1C(=O)Nc1c(F)cccc1F. The van der Waals surface area contributed by atoms with E-state index in [1.165, 1.54) is 17.3 Å². The summed E-state index contributed by atoms with van der Waals surface area (Å²) in [5.74, 6) is -1.24. The zero-order valence-corrected chi connectivity index (χ0v) is 35.1. The number of anilines is 4. The zero-order chi connectivity index (χ0) is 42.2. The van der Waals surface area contributed by atoms with Crippen LogP contribution in [0.4, 0.5) is 31.8 Å². The van der Waals surface area contributed by atoms with Crippen molar-refractivity contribution in [1.29, 1.82) is 0 Å². The molecule has 0 saturated carbocycles. The molecule has 0 radical (unpaired) electrons. The molecule has 2 saturated heterocycles. The largest absolute Gasteiger partial charge is 0.494 e. The first kappa shape index (κ1) is 40.4. The number of fused-ring (bicyclic) bond motifs is 4. The van der Waals surface area contributed by atoms with Crippen molar-refractivity contribution < 1.29 is 27.3 Å². The Morgan fingerprint density at radius 1 is 0.918 bits per heavy atom. The van der Waals surface area contributed by atoms with Crippen LogP contribution in [0.2, 0.25) is 0 Å². The summed E-state index contributed by atoms with van der Waals surface area (Å²) in [5, 5.41) is 5.82. The maximum atomic E-state index is 14.6. The van der Waals surface area contributed by atoms with E-state index in [-0.39, 0.29) is 17.9 Å². The molecule has 3 unspecified atom stereocenters. The number of hydrogen-bond acceptors (Lipinski definition) is 10. The number of piperazine rings is 1. The highest BCUT2D eigenvalue weighted by Crippen LogP contribution is 2.43. The van der Waals surface area contributed by atoms with Crippen molar-refractivity contribution in [3.63, 3.8) is 0 Å². The molecule has 3 aromatic heterocycles. The van der Waals surface area contributed by atoms with Crippen LogP contribution in [0.1, 0.15) is 42.1 Å². The quantitative estimate of drug-likeness (QED) is 0.137. The van der Waals surface area contributed by atoms with Gasteiger partial charge in [0.25, 0.3) is 5.91 Å². The summed E-state index contributed by atoms with van der Waals surface area (Å²) >= 11 is 0. The molecule has 2 fully saturated rings. The molecule has 316 valence electrons. The Morgan fingerprint density at radius 2 is 1.74 bits per heavy atom. The summed E-state index contributed by atoms with van der Waals surface area (Å²) in [7, 11) is 0.754. The number of hydrogen-bond donors (Lipinski definition) is 2. The van der Waals surface area contributed by atoms with Crippen molar-refractivity contribution in [1.82, 2.24) is 28.6 Å². The molecule has 3 aliphatic heterocycles. The first-order chi connectivity index (χ1) is 29.7. The van der Waals surface area contributed by atoms with Crippen molar-refractivity contribution in [2.75, 3.05) is 68.2 Å². The first-order valence-corrected chi connectivity index (χ1v) is 22.1. The van der Waals surface area contributed by atoms with E-state index >= 15 is 0 Å². The van der Waals surface area contributed by atoms with Crippen LogP contribution in [-0.2, 0) is 17.4 Å². The van der Waals surface area contributed by atoms with Gasteiger partial charge in [-0.25, -0.2) is 32.2 Å². The van der Waals surface area contributed by atoms with Gasteiger partial charge in [0.1, 0.15) is 34.5 Å². The third-order valence-electron chi connectivity index (χ3n) is 12.0. The Labute approximate surface area is 355 Å². The fourth-order valence-corrected chi connectivity index (χ4v) is 9.67. The third-order valence-corrected chi connectivity index (χ3v) is 13.1. The van der Waals surface area contributed by atoms with Gasteiger partial charge in [-0.1, -0.05) is 12.1 Å². The normalized spacial score (nSPS) is 18.6. The van der Waals surface area contributed by atoms with Gasteiger partial charge in [-0.2, -0.15) is 0 Å². The highest BCUT2D eigenvalue weighted by atomic mass is 32.2. The van der Waals surface area contributed by atoms with E-state index in [0.717, 1.165) is 76.2 Å². The molecule has 16 heteroatoms. The van der Waals surface area contributed by atoms with Gasteiger partial charge in [0, 0.05) is 80.8 Å². The number of methoxy groups -OCH3 is 1. The van der Waals surface area contributed by atoms with Gasteiger partial charge in [-0.3, -0.25) is 14.1 Å². The van der Waals surface area contributed by atoms with E-state index in [9.17, 15) is 17.8 Å². The van der Waals surface area contributed by atoms with Crippen molar-refractivity contribution in [2.24, 2.45) is 0 Å². The number of carbonyl (C=O) groups excluding carboxylic acids is 1. The summed E-state index contributed by atoms with van der Waals surface area (Å²) in [6.07, 6.45) is 9.53. The second-order valence-corrected chi connectivity index (χ2v) is 16.8. The van der Waals surface area contributed by atoms with Crippen LogP contribution < -0.4 is 25.0 Å². The number of nitrogens with one attached hydrogen (secondary N) is 2. The fourth-order valence-electron chi connectivity index (χ4n) is 9.00. The number of ether oxygens (including phenoxy) is 2. The van der Waals surface area contributed by atoms with Gasteiger partial charge < -0.3 is 25.0 Å². The minimum absolute atomic E-state index is 0.0791. The first-order valence-electron chi connectivity index (χ1n) is 20.6. The van der Waals surface area contributed by atoms with Gasteiger partial charge in [-0.05, 0) is 92.8 Å². The molecular formula is C45H47F2N9O4S. The molecule has 2 N–H and O–H groups in total. The lowest BCUT2D eigenvalue weighted by Crippen LogP contribution is -2.56. The van der Waals surface area contributed by atoms with E-state index in [4.69, 9.17) is 19.4 Å². The Balaban J connectivity index is 0.994. The number of amides is 1. The Hall–Kier alpha value is -5.97. The van der Waals surface area contributed by atoms with Crippen LogP contribution in [0.15, 0.2) is 85.2 Å². The molecule has 3 aromatic carbocycles. The Morgan fingerprint density at radius 3 is 2.51 bits per heavy atom. The van der Waals surface area contributed by atoms with Crippen LogP contribution in [0.3, 0.4) is 0 Å². The summed E-state index contributed by atoms with van der Waals surface area (Å²) in [4.78, 5) is 33.3. The van der Waals surface area contributed by atoms with Crippen LogP contribution >= 0.6 is 0 Å². The lowest BCUT2D eigenvalue weighted by Gasteiger charge is -2.48. The number of imidazole rings is 1. The van der Waals surface area contributed by atoms with Gasteiger partial charge in [0.05, 0.1) is 53.0 Å². The maximum Gasteiger partial charge on any atom is 0.259 e. The standard InChI is InChI=1S/C45H47F2N9O4S/c1-4-60-38-14-12-29(24-32(38)44(57)52-42-33(46)8-7-9-34(42)47)41-43(56-18-6-5-10-40(56)51-41)35-15-17-48-45(49-35)50-36-25-28-11-13-31-26-30(53-20-22-54(23-21-53)61(3)58)16-19-55(31)37(28)27-39(36)59-2/h5-10,12,14-15,17-18,24-25,27,30-31H,4,11,13,16,19-23,26H2,1-3H3,(H,52,57)(H,48,49,50). The number of aryl methyl sites for hydroxylation is 1. The molecular weight excluding hydrogens is 801 g/mol. The molecule has 13 nitrogen and oxygen atoms in total. The molecule has 6 heterocycles. The predicted octanol–water partition coefficient (Wildman–Crippen LogP) is 7.33. The molecule has 1 amide bonds. The average molecular weight is 848 g/mol. The predicted molar refractivity (Wildman–Crippen MR) is 233 cm³/mol. The van der Waals surface area contributed by atoms with Crippen molar-refractivity contribution in [3.8, 4) is 34.1 Å². The highest BCUT2D eigenvalue weighted by Gasteiger charge is 2.37. The number of pyridine rings is 1. The van der Waals surface area contributed by atoms with Gasteiger partial charge in [0.15, 0.2) is 0 Å². The number of para-hydroxylation sites is 1. The summed E-state index contributed by atoms with van der Waals surface area (Å²) in [6.45, 7) is 6.64. The van der Waals surface area contributed by atoms with E-state index in [2.05, 4.69) is 41.9 Å². The monoisotopic (exact) mass is 847 g/mol. The van der Waals surface area contributed by atoms with Crippen LogP contribution in [-0.4, -0.2) is 103 Å². The van der Waals surface area contributed by atoms with E-state index in [1.807, 2.05) is 28.8 Å². The Kier molecular flexibility index (Phi) is 11.4.